The largest absolute Gasteiger partial charge is 0.613 e. The van der Waals surface area contributed by atoms with Crippen molar-refractivity contribution in [2.75, 3.05) is 37.0 Å². The summed E-state index contributed by atoms with van der Waals surface area (Å²) in [4.78, 5) is 31.6. The number of aromatic nitrogens is 4. The number of anilines is 1. The van der Waals surface area contributed by atoms with E-state index >= 15 is 4.39 Å². The number of rotatable bonds is 9. The molecule has 0 saturated carbocycles. The lowest BCUT2D eigenvalue weighted by Crippen LogP contribution is -3.05. The fourth-order valence-electron chi connectivity index (χ4n) is 4.41. The van der Waals surface area contributed by atoms with E-state index < -0.39 is 37.3 Å². The number of morpholine rings is 1. The van der Waals surface area contributed by atoms with Gasteiger partial charge in [-0.15, -0.1) is 0 Å². The highest BCUT2D eigenvalue weighted by molar-refractivity contribution is 7.85. The molecule has 4 heterocycles. The summed E-state index contributed by atoms with van der Waals surface area (Å²) in [6, 6.07) is 7.15. The van der Waals surface area contributed by atoms with Crippen LogP contribution in [0.15, 0.2) is 49.1 Å². The van der Waals surface area contributed by atoms with Gasteiger partial charge >= 0.3 is 0 Å². The smallest absolute Gasteiger partial charge is 0.300 e. The van der Waals surface area contributed by atoms with E-state index in [1.807, 2.05) is 6.07 Å². The highest BCUT2D eigenvalue weighted by Crippen LogP contribution is 2.28. The van der Waals surface area contributed by atoms with Gasteiger partial charge in [-0.2, -0.15) is 12.8 Å². The van der Waals surface area contributed by atoms with Crippen molar-refractivity contribution in [2.24, 2.45) is 0 Å². The molecule has 0 radical (unpaired) electrons. The second-order valence-electron chi connectivity index (χ2n) is 9.14. The van der Waals surface area contributed by atoms with Crippen LogP contribution in [0.4, 0.5) is 15.9 Å². The molecule has 2 N–H and O–H groups in total. The van der Waals surface area contributed by atoms with Crippen LogP contribution in [-0.4, -0.2) is 66.2 Å². The predicted octanol–water partition coefficient (Wildman–Crippen LogP) is 2.37. The van der Waals surface area contributed by atoms with E-state index in [0.717, 1.165) is 11.9 Å². The lowest BCUT2D eigenvalue weighted by Gasteiger charge is -2.27. The fourth-order valence-corrected chi connectivity index (χ4v) is 5.75. The number of H-pyrrole nitrogens is 1. The van der Waals surface area contributed by atoms with Gasteiger partial charge in [0, 0.05) is 54.1 Å². The third kappa shape index (κ3) is 5.39. The van der Waals surface area contributed by atoms with Crippen LogP contribution in [0.2, 0.25) is 0 Å². The summed E-state index contributed by atoms with van der Waals surface area (Å²) in [6.45, 7) is 4.41. The average molecular weight is 555 g/mol. The van der Waals surface area contributed by atoms with E-state index in [4.69, 9.17) is 4.74 Å². The Bertz CT molecular complexity index is 1620. The zero-order chi connectivity index (χ0) is 27.6. The number of carbonyl (C=O) groups is 1. The topological polar surface area (TPSA) is 146 Å². The molecule has 11 nitrogen and oxygen atoms in total. The van der Waals surface area contributed by atoms with Gasteiger partial charge in [-0.1, -0.05) is 19.4 Å². The molecule has 13 heteroatoms. The number of ether oxygens (including phenoxy) is 1. The number of hydrogen-bond acceptors (Lipinski definition) is 9. The number of nitrogens with one attached hydrogen (secondary N) is 2. The van der Waals surface area contributed by atoms with Crippen molar-refractivity contribution in [3.05, 3.63) is 71.2 Å². The van der Waals surface area contributed by atoms with Gasteiger partial charge in [-0.3, -0.25) is 4.79 Å². The molecule has 1 atom stereocenters. The van der Waals surface area contributed by atoms with Crippen LogP contribution in [-0.2, 0) is 14.8 Å². The SMILES string of the molecule is CCCCS(=O)(=O)[NH+]([O-])c1cccc(C(=O)c2c[nH]c3ncc(-c4cc(N5CCOCC5)ncn4)cc23)c1F. The molecule has 39 heavy (non-hydrogen) atoms. The lowest BCUT2D eigenvalue weighted by atomic mass is 10.0. The number of fused-ring (bicyclic) bond motifs is 1. The number of ketones is 1. The Morgan fingerprint density at radius 1 is 1.18 bits per heavy atom. The molecule has 1 aromatic carbocycles. The quantitative estimate of drug-likeness (QED) is 0.235. The Hall–Kier alpha value is -3.78. The Labute approximate surface area is 224 Å². The zero-order valence-electron chi connectivity index (χ0n) is 21.2. The van der Waals surface area contributed by atoms with Gasteiger partial charge < -0.3 is 19.8 Å². The summed E-state index contributed by atoms with van der Waals surface area (Å²) >= 11 is 0. The summed E-state index contributed by atoms with van der Waals surface area (Å²) in [5, 5.41) is 13.1. The molecule has 1 aliphatic rings. The lowest BCUT2D eigenvalue weighted by molar-refractivity contribution is -0.626. The van der Waals surface area contributed by atoms with Gasteiger partial charge in [0.2, 0.25) is 0 Å². The van der Waals surface area contributed by atoms with E-state index in [2.05, 4.69) is 24.8 Å². The number of nitrogens with zero attached hydrogens (tertiary/aromatic N) is 4. The fraction of sp³-hybridized carbons (Fsp3) is 0.308. The summed E-state index contributed by atoms with van der Waals surface area (Å²) < 4.78 is 44.3. The van der Waals surface area contributed by atoms with Gasteiger partial charge in [0.25, 0.3) is 10.0 Å². The van der Waals surface area contributed by atoms with Crippen LogP contribution in [0.5, 0.6) is 0 Å². The molecule has 0 spiro atoms. The van der Waals surface area contributed by atoms with Crippen molar-refractivity contribution in [1.29, 1.82) is 0 Å². The van der Waals surface area contributed by atoms with E-state index in [1.54, 1.807) is 19.2 Å². The van der Waals surface area contributed by atoms with Crippen LogP contribution in [0, 0.1) is 11.0 Å². The number of benzene rings is 1. The van der Waals surface area contributed by atoms with Crippen molar-refractivity contribution in [3.63, 3.8) is 0 Å². The molecule has 5 rings (SSSR count). The number of aromatic amines is 1. The summed E-state index contributed by atoms with van der Waals surface area (Å²) in [6.07, 6.45) is 5.32. The van der Waals surface area contributed by atoms with Gasteiger partial charge in [0.1, 0.15) is 23.5 Å². The Balaban J connectivity index is 1.48. The number of halogens is 1. The minimum atomic E-state index is -4.21. The number of quaternary nitrogens is 1. The maximum atomic E-state index is 15.4. The summed E-state index contributed by atoms with van der Waals surface area (Å²) in [5.74, 6) is -1.52. The molecule has 204 valence electrons. The number of pyridine rings is 1. The summed E-state index contributed by atoms with van der Waals surface area (Å²) in [7, 11) is -4.21. The first kappa shape index (κ1) is 26.8. The Morgan fingerprint density at radius 2 is 1.97 bits per heavy atom. The van der Waals surface area contributed by atoms with Crippen molar-refractivity contribution in [1.82, 2.24) is 19.9 Å². The molecule has 3 aromatic heterocycles. The monoisotopic (exact) mass is 554 g/mol. The second-order valence-corrected chi connectivity index (χ2v) is 11.1. The van der Waals surface area contributed by atoms with E-state index in [0.29, 0.717) is 55.0 Å². The van der Waals surface area contributed by atoms with Crippen molar-refractivity contribution in [2.45, 2.75) is 19.8 Å². The highest BCUT2D eigenvalue weighted by atomic mass is 32.2. The van der Waals surface area contributed by atoms with E-state index in [-0.39, 0.29) is 17.7 Å². The first-order valence-corrected chi connectivity index (χ1v) is 14.2. The minimum absolute atomic E-state index is 0.124. The van der Waals surface area contributed by atoms with E-state index in [1.165, 1.54) is 24.7 Å². The normalized spacial score (nSPS) is 15.0. The highest BCUT2D eigenvalue weighted by Gasteiger charge is 2.28. The molecule has 1 unspecified atom stereocenters. The third-order valence-electron chi connectivity index (χ3n) is 6.57. The molecule has 0 bridgehead atoms. The Kier molecular flexibility index (Phi) is 7.66. The van der Waals surface area contributed by atoms with Crippen LogP contribution in [0.1, 0.15) is 35.7 Å². The van der Waals surface area contributed by atoms with Crippen molar-refractivity contribution >= 4 is 38.3 Å². The molecule has 0 amide bonds. The zero-order valence-corrected chi connectivity index (χ0v) is 22.0. The number of carbonyl (C=O) groups excluding carboxylic acids is 1. The van der Waals surface area contributed by atoms with Crippen molar-refractivity contribution in [3.8, 4) is 11.3 Å². The van der Waals surface area contributed by atoms with Gasteiger partial charge in [0.05, 0.1) is 24.5 Å². The maximum Gasteiger partial charge on any atom is 0.300 e. The van der Waals surface area contributed by atoms with Crippen LogP contribution >= 0.6 is 0 Å². The number of sulfonamides is 1. The molecule has 1 fully saturated rings. The van der Waals surface area contributed by atoms with Gasteiger partial charge in [-0.05, 0) is 18.6 Å². The predicted molar refractivity (Wildman–Crippen MR) is 143 cm³/mol. The minimum Gasteiger partial charge on any atom is -0.613 e. The van der Waals surface area contributed by atoms with Crippen LogP contribution in [0.3, 0.4) is 0 Å². The molecule has 1 saturated heterocycles. The number of hydrogen-bond donors (Lipinski definition) is 2. The van der Waals surface area contributed by atoms with Gasteiger partial charge in [0.15, 0.2) is 17.3 Å². The standard InChI is InChI=1S/C26H27FN6O5S/c1-2-3-11-39(36,37)33(35)22-6-4-5-18(24(22)27)25(34)20-15-29-26-19(20)12-17(14-28-26)21-13-23(31-16-30-21)32-7-9-38-10-8-32/h4-6,12-16,33H,2-3,7-11H2,1H3,(H,28,29). The molecule has 4 aromatic rings. The van der Waals surface area contributed by atoms with Crippen LogP contribution < -0.4 is 9.37 Å². The molecular formula is C26H27FN6O5S. The molecular weight excluding hydrogens is 527 g/mol. The Morgan fingerprint density at radius 3 is 2.74 bits per heavy atom. The van der Waals surface area contributed by atoms with Gasteiger partial charge in [-0.25, -0.2) is 19.4 Å². The number of unbranched alkanes of at least 4 members (excludes halogenated alkanes) is 1. The van der Waals surface area contributed by atoms with E-state index in [9.17, 15) is 18.4 Å². The van der Waals surface area contributed by atoms with Crippen molar-refractivity contribution < 1.29 is 26.8 Å². The first-order valence-electron chi connectivity index (χ1n) is 12.5. The van der Waals surface area contributed by atoms with Crippen LogP contribution in [0.25, 0.3) is 22.3 Å². The second kappa shape index (κ2) is 11.1. The average Bonchev–Trinajstić information content (AvgIpc) is 3.39. The summed E-state index contributed by atoms with van der Waals surface area (Å²) in [5.41, 5.74) is 0.691. The molecule has 0 aliphatic carbocycles. The third-order valence-corrected chi connectivity index (χ3v) is 8.18. The molecule has 1 aliphatic heterocycles. The maximum absolute atomic E-state index is 15.4. The first-order chi connectivity index (χ1) is 18.8.